The van der Waals surface area contributed by atoms with Gasteiger partial charge in [0, 0.05) is 24.7 Å². The van der Waals surface area contributed by atoms with Gasteiger partial charge in [-0.25, -0.2) is 0 Å². The van der Waals surface area contributed by atoms with E-state index >= 15 is 0 Å². The molecule has 0 aliphatic carbocycles. The monoisotopic (exact) mass is 357 g/mol. The van der Waals surface area contributed by atoms with E-state index < -0.39 is 18.0 Å². The molecular formula is C16H18F3N3O3. The highest BCUT2D eigenvalue weighted by molar-refractivity contribution is 5.96. The Kier molecular flexibility index (Phi) is 6.00. The molecule has 0 atom stereocenters. The average molecular weight is 357 g/mol. The molecule has 0 aromatic heterocycles. The van der Waals surface area contributed by atoms with Gasteiger partial charge in [0.2, 0.25) is 5.91 Å². The van der Waals surface area contributed by atoms with Crippen molar-refractivity contribution in [3.05, 3.63) is 35.9 Å². The second kappa shape index (κ2) is 8.00. The lowest BCUT2D eigenvalue weighted by Gasteiger charge is -2.32. The minimum absolute atomic E-state index is 0.0698. The Morgan fingerprint density at radius 3 is 2.24 bits per heavy atom. The van der Waals surface area contributed by atoms with Crippen molar-refractivity contribution >= 4 is 17.7 Å². The molecule has 0 radical (unpaired) electrons. The summed E-state index contributed by atoms with van der Waals surface area (Å²) in [6, 6.07) is 8.06. The third-order valence-corrected chi connectivity index (χ3v) is 3.84. The predicted molar refractivity (Wildman–Crippen MR) is 82.6 cm³/mol. The second-order valence-electron chi connectivity index (χ2n) is 5.68. The summed E-state index contributed by atoms with van der Waals surface area (Å²) in [7, 11) is 0. The van der Waals surface area contributed by atoms with Crippen LogP contribution in [-0.4, -0.2) is 54.5 Å². The van der Waals surface area contributed by atoms with Gasteiger partial charge in [0.05, 0.1) is 6.54 Å². The van der Waals surface area contributed by atoms with Crippen molar-refractivity contribution in [2.24, 2.45) is 0 Å². The minimum Gasteiger partial charge on any atom is -0.352 e. The lowest BCUT2D eigenvalue weighted by atomic mass is 10.0. The van der Waals surface area contributed by atoms with E-state index in [1.807, 2.05) is 0 Å². The summed E-state index contributed by atoms with van der Waals surface area (Å²) in [5.41, 5.74) is 0.425. The van der Waals surface area contributed by atoms with Crippen LogP contribution in [0.1, 0.15) is 23.2 Å². The van der Waals surface area contributed by atoms with Gasteiger partial charge in [0.15, 0.2) is 0 Å². The number of carbonyl (C=O) groups is 3. The Bertz CT molecular complexity index is 627. The van der Waals surface area contributed by atoms with E-state index in [9.17, 15) is 27.6 Å². The molecule has 0 unspecified atom stereocenters. The number of carbonyl (C=O) groups excluding carboxylic acids is 3. The van der Waals surface area contributed by atoms with Crippen LogP contribution in [0.4, 0.5) is 13.2 Å². The maximum Gasteiger partial charge on any atom is 0.471 e. The Labute approximate surface area is 142 Å². The highest BCUT2D eigenvalue weighted by atomic mass is 19.4. The number of likely N-dealkylation sites (tertiary alicyclic amines) is 1. The summed E-state index contributed by atoms with van der Waals surface area (Å²) in [4.78, 5) is 35.5. The molecule has 1 fully saturated rings. The van der Waals surface area contributed by atoms with E-state index in [1.165, 1.54) is 0 Å². The van der Waals surface area contributed by atoms with Gasteiger partial charge in [-0.2, -0.15) is 13.2 Å². The van der Waals surface area contributed by atoms with Gasteiger partial charge in [-0.05, 0) is 25.0 Å². The van der Waals surface area contributed by atoms with Gasteiger partial charge in [-0.1, -0.05) is 18.2 Å². The fourth-order valence-corrected chi connectivity index (χ4v) is 2.54. The molecule has 2 rings (SSSR count). The number of rotatable bonds is 4. The Morgan fingerprint density at radius 1 is 1.08 bits per heavy atom. The fourth-order valence-electron chi connectivity index (χ4n) is 2.54. The molecule has 2 N–H and O–H groups in total. The van der Waals surface area contributed by atoms with E-state index in [0.29, 0.717) is 5.56 Å². The lowest BCUT2D eigenvalue weighted by Crippen LogP contribution is -2.51. The molecule has 6 nitrogen and oxygen atoms in total. The topological polar surface area (TPSA) is 78.5 Å². The molecule has 0 spiro atoms. The van der Waals surface area contributed by atoms with Crippen LogP contribution in [-0.2, 0) is 9.59 Å². The Balaban J connectivity index is 1.72. The van der Waals surface area contributed by atoms with Crippen molar-refractivity contribution < 1.29 is 27.6 Å². The Morgan fingerprint density at radius 2 is 1.68 bits per heavy atom. The zero-order chi connectivity index (χ0) is 18.4. The van der Waals surface area contributed by atoms with Crippen LogP contribution in [0.3, 0.4) is 0 Å². The molecule has 25 heavy (non-hydrogen) atoms. The zero-order valence-electron chi connectivity index (χ0n) is 13.3. The average Bonchev–Trinajstić information content (AvgIpc) is 2.59. The summed E-state index contributed by atoms with van der Waals surface area (Å²) in [6.07, 6.45) is -4.40. The van der Waals surface area contributed by atoms with Gasteiger partial charge in [-0.3, -0.25) is 14.4 Å². The van der Waals surface area contributed by atoms with Crippen LogP contribution in [0, 0.1) is 0 Å². The summed E-state index contributed by atoms with van der Waals surface area (Å²) in [5, 5.41) is 5.12. The first-order chi connectivity index (χ1) is 11.8. The van der Waals surface area contributed by atoms with Gasteiger partial charge in [0.1, 0.15) is 0 Å². The number of piperidine rings is 1. The second-order valence-corrected chi connectivity index (χ2v) is 5.68. The van der Waals surface area contributed by atoms with E-state index in [4.69, 9.17) is 0 Å². The van der Waals surface area contributed by atoms with Crippen molar-refractivity contribution in [2.45, 2.75) is 25.1 Å². The van der Waals surface area contributed by atoms with E-state index in [-0.39, 0.29) is 44.4 Å². The normalized spacial score (nSPS) is 15.6. The molecule has 9 heteroatoms. The summed E-state index contributed by atoms with van der Waals surface area (Å²) < 4.78 is 37.1. The maximum absolute atomic E-state index is 12.4. The number of nitrogens with zero attached hydrogens (tertiary/aromatic N) is 1. The van der Waals surface area contributed by atoms with E-state index in [0.717, 1.165) is 4.90 Å². The number of amides is 3. The SMILES string of the molecule is O=C(CNC(=O)c1ccccc1)NC1CCN(C(=O)C(F)(F)F)CC1. The smallest absolute Gasteiger partial charge is 0.352 e. The molecule has 1 aromatic carbocycles. The number of halogens is 3. The molecule has 1 heterocycles. The molecular weight excluding hydrogens is 339 g/mol. The van der Waals surface area contributed by atoms with Crippen molar-refractivity contribution in [2.75, 3.05) is 19.6 Å². The number of hydrogen-bond acceptors (Lipinski definition) is 3. The molecule has 1 saturated heterocycles. The number of hydrogen-bond donors (Lipinski definition) is 2. The van der Waals surface area contributed by atoms with Crippen LogP contribution in [0.5, 0.6) is 0 Å². The van der Waals surface area contributed by atoms with Gasteiger partial charge >= 0.3 is 12.1 Å². The predicted octanol–water partition coefficient (Wildman–Crippen LogP) is 1.09. The van der Waals surface area contributed by atoms with Crippen molar-refractivity contribution in [3.63, 3.8) is 0 Å². The molecule has 0 bridgehead atoms. The van der Waals surface area contributed by atoms with Crippen molar-refractivity contribution in [1.29, 1.82) is 0 Å². The van der Waals surface area contributed by atoms with Crippen LogP contribution in [0.25, 0.3) is 0 Å². The van der Waals surface area contributed by atoms with Crippen LogP contribution in [0.2, 0.25) is 0 Å². The first-order valence-electron chi connectivity index (χ1n) is 7.76. The quantitative estimate of drug-likeness (QED) is 0.847. The standard InChI is InChI=1S/C16H18F3N3O3/c17-16(18,19)15(25)22-8-6-12(7-9-22)21-13(23)10-20-14(24)11-4-2-1-3-5-11/h1-5,12H,6-10H2,(H,20,24)(H,21,23). The highest BCUT2D eigenvalue weighted by Gasteiger charge is 2.43. The van der Waals surface area contributed by atoms with Gasteiger partial charge in [-0.15, -0.1) is 0 Å². The van der Waals surface area contributed by atoms with Crippen LogP contribution < -0.4 is 10.6 Å². The summed E-state index contributed by atoms with van der Waals surface area (Å²) in [5.74, 6) is -2.67. The minimum atomic E-state index is -4.88. The molecule has 3 amide bonds. The molecule has 0 saturated carbocycles. The zero-order valence-corrected chi connectivity index (χ0v) is 13.3. The first-order valence-corrected chi connectivity index (χ1v) is 7.76. The van der Waals surface area contributed by atoms with E-state index in [2.05, 4.69) is 10.6 Å². The van der Waals surface area contributed by atoms with Crippen LogP contribution in [0.15, 0.2) is 30.3 Å². The first kappa shape index (κ1) is 18.8. The third-order valence-electron chi connectivity index (χ3n) is 3.84. The summed E-state index contributed by atoms with van der Waals surface area (Å²) in [6.45, 7) is -0.366. The lowest BCUT2D eigenvalue weighted by molar-refractivity contribution is -0.186. The highest BCUT2D eigenvalue weighted by Crippen LogP contribution is 2.21. The number of alkyl halides is 3. The van der Waals surface area contributed by atoms with Gasteiger partial charge in [0.25, 0.3) is 5.91 Å². The van der Waals surface area contributed by atoms with Crippen molar-refractivity contribution in [1.82, 2.24) is 15.5 Å². The largest absolute Gasteiger partial charge is 0.471 e. The molecule has 136 valence electrons. The fraction of sp³-hybridized carbons (Fsp3) is 0.438. The number of nitrogens with one attached hydrogen (secondary N) is 2. The molecule has 1 aliphatic heterocycles. The van der Waals surface area contributed by atoms with Crippen LogP contribution >= 0.6 is 0 Å². The molecule has 1 aliphatic rings. The van der Waals surface area contributed by atoms with E-state index in [1.54, 1.807) is 30.3 Å². The van der Waals surface area contributed by atoms with Crippen molar-refractivity contribution in [3.8, 4) is 0 Å². The van der Waals surface area contributed by atoms with Gasteiger partial charge < -0.3 is 15.5 Å². The maximum atomic E-state index is 12.4. The number of benzene rings is 1. The molecule has 1 aromatic rings. The summed E-state index contributed by atoms with van der Waals surface area (Å²) >= 11 is 0. The Hall–Kier alpha value is -2.58. The third kappa shape index (κ3) is 5.47.